The van der Waals surface area contributed by atoms with Crippen LogP contribution in [0.4, 0.5) is 18.9 Å². The Bertz CT molecular complexity index is 1380. The van der Waals surface area contributed by atoms with Gasteiger partial charge in [-0.3, -0.25) is 4.79 Å². The lowest BCUT2D eigenvalue weighted by Gasteiger charge is -2.18. The van der Waals surface area contributed by atoms with Gasteiger partial charge < -0.3 is 10.1 Å². The summed E-state index contributed by atoms with van der Waals surface area (Å²) in [7, 11) is 0. The Kier molecular flexibility index (Phi) is 6.36. The fraction of sp³-hybridized carbons (Fsp3) is 0.269. The summed E-state index contributed by atoms with van der Waals surface area (Å²) in [5.41, 5.74) is 1.71. The molecule has 4 aromatic rings. The van der Waals surface area contributed by atoms with Gasteiger partial charge in [0.1, 0.15) is 0 Å². The maximum absolute atomic E-state index is 13.3. The van der Waals surface area contributed by atoms with E-state index in [0.29, 0.717) is 48.0 Å². The molecular formula is C26H23F3N6O2. The van der Waals surface area contributed by atoms with Crippen LogP contribution < -0.4 is 10.1 Å². The van der Waals surface area contributed by atoms with E-state index in [1.165, 1.54) is 12.1 Å². The van der Waals surface area contributed by atoms with E-state index in [0.717, 1.165) is 29.7 Å². The van der Waals surface area contributed by atoms with Gasteiger partial charge in [-0.05, 0) is 71.1 Å². The Hall–Kier alpha value is -4.28. The zero-order valence-electron chi connectivity index (χ0n) is 19.8. The Morgan fingerprint density at radius 2 is 1.86 bits per heavy atom. The quantitative estimate of drug-likeness (QED) is 0.330. The summed E-state index contributed by atoms with van der Waals surface area (Å²) in [5, 5.41) is 17.0. The number of aromatic amines is 1. The molecule has 0 aliphatic heterocycles. The van der Waals surface area contributed by atoms with E-state index in [1.54, 1.807) is 24.4 Å². The number of H-pyrrole nitrogens is 1. The average Bonchev–Trinajstić information content (AvgIpc) is 3.54. The number of halogens is 3. The fourth-order valence-corrected chi connectivity index (χ4v) is 4.18. The molecule has 0 spiro atoms. The number of nitrogens with one attached hydrogen (secondary N) is 2. The first kappa shape index (κ1) is 24.4. The largest absolute Gasteiger partial charge is 0.478 e. The number of alkyl halides is 3. The number of nitrogens with zero attached hydrogens (tertiary/aromatic N) is 4. The van der Waals surface area contributed by atoms with Gasteiger partial charge in [0.15, 0.2) is 5.82 Å². The van der Waals surface area contributed by atoms with Crippen LogP contribution in [0, 0.1) is 0 Å². The number of anilines is 1. The molecule has 0 radical (unpaired) electrons. The van der Waals surface area contributed by atoms with Gasteiger partial charge in [-0.15, -0.1) is 5.10 Å². The summed E-state index contributed by atoms with van der Waals surface area (Å²) in [6.45, 7) is 2.59. The molecule has 2 N–H and O–H groups in total. The van der Waals surface area contributed by atoms with Crippen LogP contribution in [0.15, 0.2) is 60.8 Å². The van der Waals surface area contributed by atoms with E-state index in [2.05, 4.69) is 30.9 Å². The molecule has 1 aliphatic carbocycles. The lowest BCUT2D eigenvalue weighted by molar-refractivity contribution is -0.137. The Balaban J connectivity index is 1.40. The summed E-state index contributed by atoms with van der Waals surface area (Å²) >= 11 is 0. The predicted octanol–water partition coefficient (Wildman–Crippen LogP) is 5.41. The monoisotopic (exact) mass is 508 g/mol. The molecular weight excluding hydrogens is 485 g/mol. The minimum absolute atomic E-state index is 0.277. The smallest absolute Gasteiger partial charge is 0.416 e. The van der Waals surface area contributed by atoms with E-state index in [9.17, 15) is 18.0 Å². The second-order valence-corrected chi connectivity index (χ2v) is 8.86. The van der Waals surface area contributed by atoms with Gasteiger partial charge in [0, 0.05) is 29.1 Å². The lowest BCUT2D eigenvalue weighted by Crippen LogP contribution is -2.28. The number of aromatic nitrogens is 5. The van der Waals surface area contributed by atoms with Gasteiger partial charge in [0.05, 0.1) is 17.6 Å². The molecule has 2 aromatic carbocycles. The molecule has 1 saturated carbocycles. The van der Waals surface area contributed by atoms with Gasteiger partial charge in [0.25, 0.3) is 0 Å². The number of carbonyl (C=O) groups excluding carboxylic acids is 1. The standard InChI is InChI=1S/C26H23F3N6O2/c1-2-13-37-22-10-3-16(15-30-22)20-9-8-19(14-21(20)23-32-34-35-33-23)31-24(36)25(11-12-25)17-4-6-18(7-5-17)26(27,28)29/h3-10,14-15H,2,11-13H2,1H3,(H,31,36)(H,32,33,34,35). The van der Waals surface area contributed by atoms with E-state index in [1.807, 2.05) is 19.1 Å². The van der Waals surface area contributed by atoms with Gasteiger partial charge >= 0.3 is 6.18 Å². The molecule has 5 rings (SSSR count). The number of ether oxygens (including phenoxy) is 1. The van der Waals surface area contributed by atoms with Crippen LogP contribution in [-0.4, -0.2) is 38.1 Å². The van der Waals surface area contributed by atoms with Crippen molar-refractivity contribution >= 4 is 11.6 Å². The highest BCUT2D eigenvalue weighted by Gasteiger charge is 2.51. The molecule has 1 aliphatic rings. The number of hydrogen-bond acceptors (Lipinski definition) is 6. The number of pyridine rings is 1. The fourth-order valence-electron chi connectivity index (χ4n) is 4.18. The topological polar surface area (TPSA) is 106 Å². The van der Waals surface area contributed by atoms with Crippen molar-refractivity contribution in [3.8, 4) is 28.4 Å². The number of benzene rings is 2. The minimum Gasteiger partial charge on any atom is -0.478 e. The van der Waals surface area contributed by atoms with Gasteiger partial charge in [-0.1, -0.05) is 25.1 Å². The molecule has 0 saturated heterocycles. The van der Waals surface area contributed by atoms with Crippen molar-refractivity contribution in [3.05, 3.63) is 71.9 Å². The maximum Gasteiger partial charge on any atom is 0.416 e. The van der Waals surface area contributed by atoms with Crippen LogP contribution >= 0.6 is 0 Å². The van der Waals surface area contributed by atoms with Crippen molar-refractivity contribution in [2.45, 2.75) is 37.8 Å². The molecule has 2 heterocycles. The molecule has 2 aromatic heterocycles. The van der Waals surface area contributed by atoms with Crippen LogP contribution in [0.3, 0.4) is 0 Å². The second kappa shape index (κ2) is 9.64. The lowest BCUT2D eigenvalue weighted by atomic mass is 9.93. The van der Waals surface area contributed by atoms with Crippen molar-refractivity contribution in [2.24, 2.45) is 0 Å². The molecule has 190 valence electrons. The van der Waals surface area contributed by atoms with Crippen molar-refractivity contribution in [1.82, 2.24) is 25.6 Å². The van der Waals surface area contributed by atoms with Crippen molar-refractivity contribution < 1.29 is 22.7 Å². The zero-order chi connectivity index (χ0) is 26.0. The minimum atomic E-state index is -4.43. The molecule has 37 heavy (non-hydrogen) atoms. The molecule has 8 nitrogen and oxygen atoms in total. The summed E-state index contributed by atoms with van der Waals surface area (Å²) in [6, 6.07) is 13.8. The molecule has 11 heteroatoms. The van der Waals surface area contributed by atoms with Crippen LogP contribution in [0.2, 0.25) is 0 Å². The SMILES string of the molecule is CCCOc1ccc(-c2ccc(NC(=O)C3(c4ccc(C(F)(F)F)cc4)CC3)cc2-c2nnn[nH]2)cn1. The molecule has 1 amide bonds. The van der Waals surface area contributed by atoms with Crippen LogP contribution in [0.25, 0.3) is 22.5 Å². The van der Waals surface area contributed by atoms with E-state index in [4.69, 9.17) is 4.74 Å². The van der Waals surface area contributed by atoms with Crippen LogP contribution in [-0.2, 0) is 16.4 Å². The van der Waals surface area contributed by atoms with Crippen LogP contribution in [0.1, 0.15) is 37.3 Å². The third kappa shape index (κ3) is 5.02. The van der Waals surface area contributed by atoms with E-state index < -0.39 is 17.2 Å². The summed E-state index contributed by atoms with van der Waals surface area (Å²) in [4.78, 5) is 17.6. The van der Waals surface area contributed by atoms with Crippen molar-refractivity contribution in [1.29, 1.82) is 0 Å². The van der Waals surface area contributed by atoms with E-state index >= 15 is 0 Å². The number of tetrazole rings is 1. The van der Waals surface area contributed by atoms with Crippen molar-refractivity contribution in [3.63, 3.8) is 0 Å². The summed E-state index contributed by atoms with van der Waals surface area (Å²) < 4.78 is 44.4. The van der Waals surface area contributed by atoms with Crippen molar-refractivity contribution in [2.75, 3.05) is 11.9 Å². The predicted molar refractivity (Wildman–Crippen MR) is 130 cm³/mol. The third-order valence-electron chi connectivity index (χ3n) is 6.33. The molecule has 0 unspecified atom stereocenters. The van der Waals surface area contributed by atoms with E-state index in [-0.39, 0.29) is 5.91 Å². The highest BCUT2D eigenvalue weighted by molar-refractivity contribution is 6.02. The molecule has 0 bridgehead atoms. The number of amides is 1. The summed E-state index contributed by atoms with van der Waals surface area (Å²) in [6.07, 6.45) is -0.753. The first-order valence-electron chi connectivity index (χ1n) is 11.8. The Morgan fingerprint density at radius 3 is 2.46 bits per heavy atom. The third-order valence-corrected chi connectivity index (χ3v) is 6.33. The second-order valence-electron chi connectivity index (χ2n) is 8.86. The molecule has 0 atom stereocenters. The van der Waals surface area contributed by atoms with Crippen LogP contribution in [0.5, 0.6) is 5.88 Å². The average molecular weight is 509 g/mol. The zero-order valence-corrected chi connectivity index (χ0v) is 19.8. The van der Waals surface area contributed by atoms with Gasteiger partial charge in [0.2, 0.25) is 11.8 Å². The highest BCUT2D eigenvalue weighted by atomic mass is 19.4. The Labute approximate surface area is 210 Å². The number of rotatable bonds is 8. The number of hydrogen-bond donors (Lipinski definition) is 2. The molecule has 1 fully saturated rings. The summed E-state index contributed by atoms with van der Waals surface area (Å²) in [5.74, 6) is 0.650. The normalized spacial score (nSPS) is 14.3. The van der Waals surface area contributed by atoms with Gasteiger partial charge in [-0.2, -0.15) is 13.2 Å². The Morgan fingerprint density at radius 1 is 1.08 bits per heavy atom. The van der Waals surface area contributed by atoms with Gasteiger partial charge in [-0.25, -0.2) is 10.1 Å². The first-order valence-corrected chi connectivity index (χ1v) is 11.8. The maximum atomic E-state index is 13.3. The highest BCUT2D eigenvalue weighted by Crippen LogP contribution is 2.49. The number of carbonyl (C=O) groups is 1. The first-order chi connectivity index (χ1) is 17.8.